The highest BCUT2D eigenvalue weighted by atomic mass is 16.5. The van der Waals surface area contributed by atoms with Gasteiger partial charge in [-0.15, -0.1) is 5.10 Å². The van der Waals surface area contributed by atoms with Crippen molar-refractivity contribution in [1.82, 2.24) is 20.3 Å². The van der Waals surface area contributed by atoms with Crippen LogP contribution in [0.5, 0.6) is 0 Å². The summed E-state index contributed by atoms with van der Waals surface area (Å²) in [6, 6.07) is 16.7. The van der Waals surface area contributed by atoms with Crippen molar-refractivity contribution in [1.29, 1.82) is 0 Å². The number of aromatic nitrogens is 3. The molecule has 1 fully saturated rings. The summed E-state index contributed by atoms with van der Waals surface area (Å²) >= 11 is 0. The molecule has 2 aliphatic rings. The molecule has 1 saturated carbocycles. The van der Waals surface area contributed by atoms with Crippen molar-refractivity contribution in [2.75, 3.05) is 13.2 Å². The fourth-order valence-corrected chi connectivity index (χ4v) is 4.67. The average Bonchev–Trinajstić information content (AvgIpc) is 3.35. The first-order valence-corrected chi connectivity index (χ1v) is 10.9. The number of benzene rings is 2. The Kier molecular flexibility index (Phi) is 5.19. The van der Waals surface area contributed by atoms with E-state index >= 15 is 0 Å². The molecule has 0 saturated heterocycles. The summed E-state index contributed by atoms with van der Waals surface area (Å²) in [6.07, 6.45) is 3.53. The van der Waals surface area contributed by atoms with Crippen LogP contribution in [0, 0.1) is 5.92 Å². The lowest BCUT2D eigenvalue weighted by atomic mass is 9.80. The number of hydrogen-bond acceptors (Lipinski definition) is 5. The number of carbonyl (C=O) groups is 1. The molecule has 1 atom stereocenters. The maximum Gasteiger partial charge on any atom is 0.407 e. The van der Waals surface area contributed by atoms with Crippen molar-refractivity contribution in [3.05, 3.63) is 71.5 Å². The molecule has 0 bridgehead atoms. The standard InChI is InChI=1S/C24H27N5O2/c1-15(23-13-29(28-27-23)17-10-16(11-17)12-25)26-24(30)31-14-22-20-8-4-2-6-18(20)19-7-3-5-9-21(19)22/h2-9,13,15-17,22H,10-12,14,25H2,1H3,(H,26,30). The molecule has 2 aromatic carbocycles. The van der Waals surface area contributed by atoms with E-state index in [0.29, 0.717) is 18.6 Å². The van der Waals surface area contributed by atoms with Gasteiger partial charge in [0.25, 0.3) is 0 Å². The predicted molar refractivity (Wildman–Crippen MR) is 117 cm³/mol. The van der Waals surface area contributed by atoms with E-state index < -0.39 is 6.09 Å². The van der Waals surface area contributed by atoms with Gasteiger partial charge >= 0.3 is 6.09 Å². The van der Waals surface area contributed by atoms with E-state index in [4.69, 9.17) is 10.5 Å². The molecule has 3 aromatic rings. The number of rotatable bonds is 6. The predicted octanol–water partition coefficient (Wildman–Crippen LogP) is 3.79. The van der Waals surface area contributed by atoms with Gasteiger partial charge in [-0.3, -0.25) is 0 Å². The first-order chi connectivity index (χ1) is 15.1. The molecule has 1 unspecified atom stereocenters. The van der Waals surface area contributed by atoms with Gasteiger partial charge in [0, 0.05) is 5.92 Å². The number of amides is 1. The molecule has 5 rings (SSSR count). The zero-order valence-electron chi connectivity index (χ0n) is 17.6. The van der Waals surface area contributed by atoms with E-state index in [9.17, 15) is 4.79 Å². The average molecular weight is 418 g/mol. The van der Waals surface area contributed by atoms with Crippen LogP contribution in [0.1, 0.15) is 54.6 Å². The molecule has 1 heterocycles. The summed E-state index contributed by atoms with van der Waals surface area (Å²) in [5.41, 5.74) is 11.3. The molecule has 160 valence electrons. The van der Waals surface area contributed by atoms with Crippen LogP contribution in [0.15, 0.2) is 54.7 Å². The number of alkyl carbamates (subject to hydrolysis) is 1. The van der Waals surface area contributed by atoms with Crippen molar-refractivity contribution in [2.45, 2.75) is 37.8 Å². The maximum atomic E-state index is 12.5. The van der Waals surface area contributed by atoms with Crippen molar-refractivity contribution in [3.8, 4) is 11.1 Å². The van der Waals surface area contributed by atoms with Gasteiger partial charge in [0.15, 0.2) is 0 Å². The molecule has 2 aliphatic carbocycles. The zero-order valence-corrected chi connectivity index (χ0v) is 17.6. The molecule has 7 heteroatoms. The number of nitrogens with two attached hydrogens (primary N) is 1. The Morgan fingerprint density at radius 1 is 1.16 bits per heavy atom. The summed E-state index contributed by atoms with van der Waals surface area (Å²) in [5, 5.41) is 11.3. The van der Waals surface area contributed by atoms with E-state index in [0.717, 1.165) is 25.1 Å². The van der Waals surface area contributed by atoms with E-state index in [1.807, 2.05) is 42.1 Å². The fraction of sp³-hybridized carbons (Fsp3) is 0.375. The van der Waals surface area contributed by atoms with Crippen molar-refractivity contribution >= 4 is 6.09 Å². The third kappa shape index (κ3) is 3.70. The van der Waals surface area contributed by atoms with E-state index in [2.05, 4.69) is 39.9 Å². The molecule has 31 heavy (non-hydrogen) atoms. The minimum Gasteiger partial charge on any atom is -0.449 e. The molecule has 1 aromatic heterocycles. The topological polar surface area (TPSA) is 95.1 Å². The van der Waals surface area contributed by atoms with Crippen molar-refractivity contribution in [3.63, 3.8) is 0 Å². The largest absolute Gasteiger partial charge is 0.449 e. The van der Waals surface area contributed by atoms with Gasteiger partial charge in [-0.05, 0) is 54.5 Å². The van der Waals surface area contributed by atoms with E-state index in [-0.39, 0.29) is 12.0 Å². The lowest BCUT2D eigenvalue weighted by Gasteiger charge is -2.33. The highest BCUT2D eigenvalue weighted by Crippen LogP contribution is 2.44. The Labute approximate surface area is 181 Å². The Bertz CT molecular complexity index is 1040. The molecule has 0 radical (unpaired) electrons. The molecule has 0 aliphatic heterocycles. The third-order valence-corrected chi connectivity index (χ3v) is 6.57. The fourth-order valence-electron chi connectivity index (χ4n) is 4.67. The van der Waals surface area contributed by atoms with Gasteiger partial charge in [0.2, 0.25) is 0 Å². The Morgan fingerprint density at radius 2 is 1.81 bits per heavy atom. The van der Waals surface area contributed by atoms with Crippen molar-refractivity contribution in [2.24, 2.45) is 11.7 Å². The van der Waals surface area contributed by atoms with Gasteiger partial charge in [-0.1, -0.05) is 53.7 Å². The Morgan fingerprint density at radius 3 is 2.45 bits per heavy atom. The first kappa shape index (κ1) is 19.8. The summed E-state index contributed by atoms with van der Waals surface area (Å²) < 4.78 is 7.51. The zero-order chi connectivity index (χ0) is 21.4. The lowest BCUT2D eigenvalue weighted by molar-refractivity contribution is 0.139. The summed E-state index contributed by atoms with van der Waals surface area (Å²) in [7, 11) is 0. The normalized spacial score (nSPS) is 20.5. The molecular formula is C24H27N5O2. The minimum absolute atomic E-state index is 0.0449. The summed E-state index contributed by atoms with van der Waals surface area (Å²) in [5.74, 6) is 0.623. The molecule has 0 spiro atoms. The molecule has 7 nitrogen and oxygen atoms in total. The van der Waals surface area contributed by atoms with Crippen LogP contribution in [0.25, 0.3) is 11.1 Å². The van der Waals surface area contributed by atoms with Crippen LogP contribution >= 0.6 is 0 Å². The maximum absolute atomic E-state index is 12.5. The highest BCUT2D eigenvalue weighted by molar-refractivity contribution is 5.79. The van der Waals surface area contributed by atoms with Crippen LogP contribution in [0.4, 0.5) is 4.79 Å². The van der Waals surface area contributed by atoms with Gasteiger partial charge in [-0.25, -0.2) is 9.48 Å². The molecule has 3 N–H and O–H groups in total. The quantitative estimate of drug-likeness (QED) is 0.636. The van der Waals surface area contributed by atoms with Crippen LogP contribution in [-0.4, -0.2) is 34.2 Å². The Hall–Kier alpha value is -3.19. The summed E-state index contributed by atoms with van der Waals surface area (Å²) in [6.45, 7) is 2.90. The monoisotopic (exact) mass is 417 g/mol. The number of hydrogen-bond donors (Lipinski definition) is 2. The van der Waals surface area contributed by atoms with Crippen LogP contribution in [0.3, 0.4) is 0 Å². The van der Waals surface area contributed by atoms with Crippen LogP contribution < -0.4 is 11.1 Å². The Balaban J connectivity index is 1.20. The number of fused-ring (bicyclic) bond motifs is 3. The number of ether oxygens (including phenoxy) is 1. The molecule has 1 amide bonds. The van der Waals surface area contributed by atoms with E-state index in [1.165, 1.54) is 22.3 Å². The van der Waals surface area contributed by atoms with Crippen molar-refractivity contribution < 1.29 is 9.53 Å². The SMILES string of the molecule is CC(NC(=O)OCC1c2ccccc2-c2ccccc21)c1cn(C2CC(CN)C2)nn1. The highest BCUT2D eigenvalue weighted by Gasteiger charge is 2.31. The summed E-state index contributed by atoms with van der Waals surface area (Å²) in [4.78, 5) is 12.5. The first-order valence-electron chi connectivity index (χ1n) is 10.9. The van der Waals surface area contributed by atoms with Crippen LogP contribution in [0.2, 0.25) is 0 Å². The van der Waals surface area contributed by atoms with Crippen LogP contribution in [-0.2, 0) is 4.74 Å². The van der Waals surface area contributed by atoms with Gasteiger partial charge in [-0.2, -0.15) is 0 Å². The molecular weight excluding hydrogens is 390 g/mol. The van der Waals surface area contributed by atoms with Gasteiger partial charge in [0.1, 0.15) is 12.3 Å². The second-order valence-corrected chi connectivity index (χ2v) is 8.54. The smallest absolute Gasteiger partial charge is 0.407 e. The van der Waals surface area contributed by atoms with Gasteiger partial charge < -0.3 is 15.8 Å². The van der Waals surface area contributed by atoms with E-state index in [1.54, 1.807) is 0 Å². The number of nitrogens with one attached hydrogen (secondary N) is 1. The third-order valence-electron chi connectivity index (χ3n) is 6.57. The minimum atomic E-state index is -0.448. The second kappa shape index (κ2) is 8.15. The second-order valence-electron chi connectivity index (χ2n) is 8.54. The number of nitrogens with zero attached hydrogens (tertiary/aromatic N) is 3. The lowest BCUT2D eigenvalue weighted by Crippen LogP contribution is -2.32. The van der Waals surface area contributed by atoms with Gasteiger partial charge in [0.05, 0.1) is 18.3 Å². The number of carbonyl (C=O) groups excluding carboxylic acids is 1.